The van der Waals surface area contributed by atoms with Gasteiger partial charge < -0.3 is 9.64 Å². The van der Waals surface area contributed by atoms with Crippen molar-refractivity contribution >= 4 is 23.5 Å². The summed E-state index contributed by atoms with van der Waals surface area (Å²) in [6.07, 6.45) is 0.692. The van der Waals surface area contributed by atoms with Crippen LogP contribution in [0.15, 0.2) is 18.2 Å². The standard InChI is InChI=1S/C13H15ClFNO3/c1-3-6-16(8-12(17)19-2)13(18)9-4-5-11(15)10(14)7-9/h4-5,7H,3,6,8H2,1-2H3. The van der Waals surface area contributed by atoms with E-state index in [-0.39, 0.29) is 23.0 Å². The van der Waals surface area contributed by atoms with Gasteiger partial charge in [-0.3, -0.25) is 9.59 Å². The molecule has 104 valence electrons. The number of carbonyl (C=O) groups is 2. The number of hydrogen-bond acceptors (Lipinski definition) is 3. The fraction of sp³-hybridized carbons (Fsp3) is 0.385. The highest BCUT2D eigenvalue weighted by Gasteiger charge is 2.19. The lowest BCUT2D eigenvalue weighted by molar-refractivity contribution is -0.141. The molecule has 0 aliphatic rings. The fourth-order valence-corrected chi connectivity index (χ4v) is 1.73. The first-order valence-corrected chi connectivity index (χ1v) is 6.18. The molecule has 0 unspecified atom stereocenters. The molecule has 0 heterocycles. The topological polar surface area (TPSA) is 46.6 Å². The molecule has 1 aromatic rings. The summed E-state index contributed by atoms with van der Waals surface area (Å²) in [5.74, 6) is -1.47. The van der Waals surface area contributed by atoms with Crippen molar-refractivity contribution in [1.29, 1.82) is 0 Å². The Balaban J connectivity index is 2.91. The van der Waals surface area contributed by atoms with Gasteiger partial charge in [0.15, 0.2) is 0 Å². The van der Waals surface area contributed by atoms with Gasteiger partial charge in [0.2, 0.25) is 0 Å². The summed E-state index contributed by atoms with van der Waals surface area (Å²) in [6.45, 7) is 2.15. The fourth-order valence-electron chi connectivity index (χ4n) is 1.55. The molecule has 0 atom stereocenters. The average Bonchev–Trinajstić information content (AvgIpc) is 2.40. The number of rotatable bonds is 5. The van der Waals surface area contributed by atoms with Crippen LogP contribution in [0.1, 0.15) is 23.7 Å². The van der Waals surface area contributed by atoms with E-state index in [1.807, 2.05) is 6.92 Å². The Hall–Kier alpha value is -1.62. The van der Waals surface area contributed by atoms with Crippen LogP contribution in [-0.4, -0.2) is 37.0 Å². The van der Waals surface area contributed by atoms with Gasteiger partial charge in [0.05, 0.1) is 12.1 Å². The lowest BCUT2D eigenvalue weighted by Gasteiger charge is -2.20. The Morgan fingerprint density at radius 1 is 1.42 bits per heavy atom. The third-order valence-electron chi connectivity index (χ3n) is 2.49. The normalized spacial score (nSPS) is 10.1. The summed E-state index contributed by atoms with van der Waals surface area (Å²) in [4.78, 5) is 24.8. The van der Waals surface area contributed by atoms with Crippen LogP contribution in [0.3, 0.4) is 0 Å². The van der Waals surface area contributed by atoms with Gasteiger partial charge in [0.25, 0.3) is 5.91 Å². The molecule has 19 heavy (non-hydrogen) atoms. The maximum absolute atomic E-state index is 13.0. The predicted octanol–water partition coefficient (Wildman–Crippen LogP) is 2.50. The number of nitrogens with zero attached hydrogens (tertiary/aromatic N) is 1. The maximum atomic E-state index is 13.0. The lowest BCUT2D eigenvalue weighted by Crippen LogP contribution is -2.36. The molecule has 0 fully saturated rings. The van der Waals surface area contributed by atoms with Gasteiger partial charge >= 0.3 is 5.97 Å². The molecule has 0 bridgehead atoms. The van der Waals surface area contributed by atoms with Gasteiger partial charge in [-0.15, -0.1) is 0 Å². The average molecular weight is 288 g/mol. The van der Waals surface area contributed by atoms with Crippen molar-refractivity contribution in [2.75, 3.05) is 20.2 Å². The molecule has 1 rings (SSSR count). The Bertz CT molecular complexity index is 479. The minimum atomic E-state index is -0.590. The largest absolute Gasteiger partial charge is 0.468 e. The molecule has 0 aliphatic carbocycles. The molecular formula is C13H15ClFNO3. The third-order valence-corrected chi connectivity index (χ3v) is 2.78. The zero-order valence-corrected chi connectivity index (χ0v) is 11.5. The van der Waals surface area contributed by atoms with Gasteiger partial charge in [-0.05, 0) is 24.6 Å². The van der Waals surface area contributed by atoms with Crippen molar-refractivity contribution in [3.05, 3.63) is 34.6 Å². The van der Waals surface area contributed by atoms with Crippen LogP contribution in [0.5, 0.6) is 0 Å². The lowest BCUT2D eigenvalue weighted by atomic mass is 10.2. The molecule has 4 nitrogen and oxygen atoms in total. The van der Waals surface area contributed by atoms with E-state index in [9.17, 15) is 14.0 Å². The van der Waals surface area contributed by atoms with Crippen LogP contribution >= 0.6 is 11.6 Å². The van der Waals surface area contributed by atoms with Crippen molar-refractivity contribution in [3.8, 4) is 0 Å². The summed E-state index contributed by atoms with van der Waals surface area (Å²) in [5.41, 5.74) is 0.240. The van der Waals surface area contributed by atoms with E-state index < -0.39 is 11.8 Å². The SMILES string of the molecule is CCCN(CC(=O)OC)C(=O)c1ccc(F)c(Cl)c1. The number of ether oxygens (including phenoxy) is 1. The molecule has 1 aromatic carbocycles. The summed E-state index contributed by atoms with van der Waals surface area (Å²) < 4.78 is 17.6. The van der Waals surface area contributed by atoms with Gasteiger partial charge in [-0.2, -0.15) is 0 Å². The Labute approximate surface area is 116 Å². The molecule has 0 saturated carbocycles. The number of methoxy groups -OCH3 is 1. The van der Waals surface area contributed by atoms with Crippen molar-refractivity contribution in [2.24, 2.45) is 0 Å². The zero-order valence-electron chi connectivity index (χ0n) is 10.8. The molecule has 0 spiro atoms. The maximum Gasteiger partial charge on any atom is 0.325 e. The Kier molecular flexibility index (Phi) is 5.76. The van der Waals surface area contributed by atoms with Crippen LogP contribution in [0.25, 0.3) is 0 Å². The van der Waals surface area contributed by atoms with E-state index in [1.54, 1.807) is 0 Å². The highest BCUT2D eigenvalue weighted by molar-refractivity contribution is 6.31. The molecule has 0 aromatic heterocycles. The zero-order chi connectivity index (χ0) is 14.4. The van der Waals surface area contributed by atoms with E-state index in [4.69, 9.17) is 11.6 Å². The first-order chi connectivity index (χ1) is 8.99. The van der Waals surface area contributed by atoms with Crippen LogP contribution in [-0.2, 0) is 9.53 Å². The molecule has 0 N–H and O–H groups in total. The van der Waals surface area contributed by atoms with Crippen LogP contribution in [0, 0.1) is 5.82 Å². The summed E-state index contributed by atoms with van der Waals surface area (Å²) >= 11 is 5.64. The van der Waals surface area contributed by atoms with E-state index in [2.05, 4.69) is 4.74 Å². The van der Waals surface area contributed by atoms with Crippen molar-refractivity contribution < 1.29 is 18.7 Å². The van der Waals surface area contributed by atoms with Crippen LogP contribution in [0.2, 0.25) is 5.02 Å². The minimum Gasteiger partial charge on any atom is -0.468 e. The van der Waals surface area contributed by atoms with Crippen LogP contribution < -0.4 is 0 Å². The van der Waals surface area contributed by atoms with Gasteiger partial charge in [0, 0.05) is 12.1 Å². The minimum absolute atomic E-state index is 0.125. The number of halogens is 2. The second-order valence-corrected chi connectivity index (χ2v) is 4.34. The molecule has 0 radical (unpaired) electrons. The number of carbonyl (C=O) groups excluding carboxylic acids is 2. The highest BCUT2D eigenvalue weighted by Crippen LogP contribution is 2.17. The van der Waals surface area contributed by atoms with Gasteiger partial charge in [-0.25, -0.2) is 4.39 Å². The quantitative estimate of drug-likeness (QED) is 0.782. The summed E-state index contributed by atoms with van der Waals surface area (Å²) in [5, 5.41) is -0.125. The first kappa shape index (κ1) is 15.4. The van der Waals surface area contributed by atoms with Gasteiger partial charge in [0.1, 0.15) is 12.4 Å². The van der Waals surface area contributed by atoms with Crippen molar-refractivity contribution in [2.45, 2.75) is 13.3 Å². The van der Waals surface area contributed by atoms with E-state index in [1.165, 1.54) is 24.1 Å². The first-order valence-electron chi connectivity index (χ1n) is 5.80. The second kappa shape index (κ2) is 7.09. The number of hydrogen-bond donors (Lipinski definition) is 0. The van der Waals surface area contributed by atoms with Crippen LogP contribution in [0.4, 0.5) is 4.39 Å². The second-order valence-electron chi connectivity index (χ2n) is 3.93. The summed E-state index contributed by atoms with van der Waals surface area (Å²) in [6, 6.07) is 3.71. The van der Waals surface area contributed by atoms with E-state index >= 15 is 0 Å². The van der Waals surface area contributed by atoms with E-state index in [0.29, 0.717) is 13.0 Å². The predicted molar refractivity (Wildman–Crippen MR) is 69.6 cm³/mol. The number of amides is 1. The van der Waals surface area contributed by atoms with Gasteiger partial charge in [-0.1, -0.05) is 18.5 Å². The van der Waals surface area contributed by atoms with E-state index in [0.717, 1.165) is 6.07 Å². The third kappa shape index (κ3) is 4.21. The molecule has 0 aliphatic heterocycles. The van der Waals surface area contributed by atoms with Crippen molar-refractivity contribution in [3.63, 3.8) is 0 Å². The highest BCUT2D eigenvalue weighted by atomic mass is 35.5. The molecular weight excluding hydrogens is 273 g/mol. The molecule has 1 amide bonds. The Morgan fingerprint density at radius 3 is 2.63 bits per heavy atom. The summed E-state index contributed by atoms with van der Waals surface area (Å²) in [7, 11) is 1.26. The molecule has 6 heteroatoms. The van der Waals surface area contributed by atoms with Crippen molar-refractivity contribution in [1.82, 2.24) is 4.90 Å². The Morgan fingerprint density at radius 2 is 2.11 bits per heavy atom. The number of benzene rings is 1. The molecule has 0 saturated heterocycles. The smallest absolute Gasteiger partial charge is 0.325 e. The monoisotopic (exact) mass is 287 g/mol. The number of esters is 1.